The lowest BCUT2D eigenvalue weighted by atomic mass is 10.1. The molecule has 0 bridgehead atoms. The SMILES string of the molecule is CN(CCn1c(=O)[nH]c2ccccc21)c1ccc(CN2CCCCC2)o1. The molecule has 1 aliphatic rings. The molecule has 0 aliphatic carbocycles. The minimum absolute atomic E-state index is 0.0650. The van der Waals surface area contributed by atoms with Crippen molar-refractivity contribution in [3.8, 4) is 0 Å². The number of H-pyrrole nitrogens is 1. The number of fused-ring (bicyclic) bond motifs is 1. The van der Waals surface area contributed by atoms with Crippen LogP contribution in [0.25, 0.3) is 11.0 Å². The van der Waals surface area contributed by atoms with Gasteiger partial charge in [0.05, 0.1) is 17.6 Å². The third kappa shape index (κ3) is 3.55. The summed E-state index contributed by atoms with van der Waals surface area (Å²) in [7, 11) is 2.00. The Morgan fingerprint density at radius 3 is 2.77 bits per heavy atom. The number of imidazole rings is 1. The Balaban J connectivity index is 1.39. The summed E-state index contributed by atoms with van der Waals surface area (Å²) in [5.74, 6) is 1.86. The zero-order chi connectivity index (χ0) is 17.9. The van der Waals surface area contributed by atoms with Gasteiger partial charge in [0.2, 0.25) is 0 Å². The summed E-state index contributed by atoms with van der Waals surface area (Å²) in [5.41, 5.74) is 1.75. The van der Waals surface area contributed by atoms with Crippen LogP contribution in [-0.4, -0.2) is 41.1 Å². The van der Waals surface area contributed by atoms with Gasteiger partial charge in [0.25, 0.3) is 0 Å². The first-order valence-electron chi connectivity index (χ1n) is 9.40. The zero-order valence-corrected chi connectivity index (χ0v) is 15.3. The molecule has 0 radical (unpaired) electrons. The molecule has 2 aromatic heterocycles. The first-order valence-corrected chi connectivity index (χ1v) is 9.40. The average Bonchev–Trinajstić information content (AvgIpc) is 3.24. The fourth-order valence-corrected chi connectivity index (χ4v) is 3.68. The maximum Gasteiger partial charge on any atom is 0.326 e. The minimum atomic E-state index is -0.0650. The molecule has 4 rings (SSSR count). The van der Waals surface area contributed by atoms with E-state index in [1.165, 1.54) is 19.3 Å². The highest BCUT2D eigenvalue weighted by molar-refractivity contribution is 5.74. The lowest BCUT2D eigenvalue weighted by Crippen LogP contribution is -2.29. The van der Waals surface area contributed by atoms with E-state index in [0.29, 0.717) is 13.1 Å². The van der Waals surface area contributed by atoms with E-state index in [1.54, 1.807) is 4.57 Å². The van der Waals surface area contributed by atoms with Gasteiger partial charge in [0.1, 0.15) is 5.76 Å². The lowest BCUT2D eigenvalue weighted by Gasteiger charge is -2.25. The number of aromatic amines is 1. The van der Waals surface area contributed by atoms with Crippen molar-refractivity contribution in [1.29, 1.82) is 0 Å². The summed E-state index contributed by atoms with van der Waals surface area (Å²) in [6, 6.07) is 11.9. The smallest absolute Gasteiger partial charge is 0.326 e. The number of likely N-dealkylation sites (tertiary alicyclic amines) is 1. The Bertz CT molecular complexity index is 917. The van der Waals surface area contributed by atoms with Crippen LogP contribution in [0.5, 0.6) is 0 Å². The van der Waals surface area contributed by atoms with Crippen molar-refractivity contribution >= 4 is 16.9 Å². The first kappa shape index (κ1) is 17.0. The molecular formula is C20H26N4O2. The molecule has 0 unspecified atom stereocenters. The van der Waals surface area contributed by atoms with Crippen molar-refractivity contribution in [2.45, 2.75) is 32.4 Å². The number of nitrogens with one attached hydrogen (secondary N) is 1. The van der Waals surface area contributed by atoms with E-state index in [4.69, 9.17) is 4.42 Å². The molecule has 0 spiro atoms. The average molecular weight is 354 g/mol. The Labute approximate surface area is 153 Å². The largest absolute Gasteiger partial charge is 0.444 e. The van der Waals surface area contributed by atoms with Crippen LogP contribution in [0.2, 0.25) is 0 Å². The van der Waals surface area contributed by atoms with E-state index < -0.39 is 0 Å². The van der Waals surface area contributed by atoms with E-state index in [1.807, 2.05) is 37.4 Å². The van der Waals surface area contributed by atoms with Crippen LogP contribution in [0.4, 0.5) is 5.88 Å². The Hall–Kier alpha value is -2.47. The molecule has 1 N–H and O–H groups in total. The van der Waals surface area contributed by atoms with E-state index in [2.05, 4.69) is 20.9 Å². The Morgan fingerprint density at radius 1 is 1.12 bits per heavy atom. The molecule has 0 atom stereocenters. The molecule has 1 saturated heterocycles. The van der Waals surface area contributed by atoms with Gasteiger partial charge >= 0.3 is 5.69 Å². The maximum absolute atomic E-state index is 12.2. The molecule has 1 aliphatic heterocycles. The van der Waals surface area contributed by atoms with Gasteiger partial charge in [-0.05, 0) is 44.1 Å². The lowest BCUT2D eigenvalue weighted by molar-refractivity contribution is 0.205. The molecule has 6 nitrogen and oxygen atoms in total. The highest BCUT2D eigenvalue weighted by Crippen LogP contribution is 2.20. The highest BCUT2D eigenvalue weighted by Gasteiger charge is 2.14. The molecule has 3 aromatic rings. The number of hydrogen-bond acceptors (Lipinski definition) is 4. The Morgan fingerprint density at radius 2 is 1.92 bits per heavy atom. The first-order chi connectivity index (χ1) is 12.7. The summed E-state index contributed by atoms with van der Waals surface area (Å²) < 4.78 is 7.81. The fraction of sp³-hybridized carbons (Fsp3) is 0.450. The van der Waals surface area contributed by atoms with Crippen molar-refractivity contribution in [3.63, 3.8) is 0 Å². The second-order valence-electron chi connectivity index (χ2n) is 7.10. The number of piperidine rings is 1. The standard InChI is InChI=1S/C20H26N4O2/c1-22(13-14-24-18-8-4-3-7-17(18)21-20(24)25)19-10-9-16(26-19)15-23-11-5-2-6-12-23/h3-4,7-10H,2,5-6,11-15H2,1H3,(H,21,25). The predicted octanol–water partition coefficient (Wildman–Crippen LogP) is 3.04. The fourth-order valence-electron chi connectivity index (χ4n) is 3.68. The van der Waals surface area contributed by atoms with Crippen molar-refractivity contribution in [3.05, 3.63) is 52.6 Å². The topological polar surface area (TPSA) is 57.4 Å². The highest BCUT2D eigenvalue weighted by atomic mass is 16.4. The van der Waals surface area contributed by atoms with E-state index in [0.717, 1.165) is 42.3 Å². The summed E-state index contributed by atoms with van der Waals surface area (Å²) in [6.45, 7) is 4.53. The number of aromatic nitrogens is 2. The van der Waals surface area contributed by atoms with Crippen LogP contribution >= 0.6 is 0 Å². The van der Waals surface area contributed by atoms with Crippen LogP contribution < -0.4 is 10.6 Å². The normalized spacial score (nSPS) is 15.6. The number of nitrogens with zero attached hydrogens (tertiary/aromatic N) is 3. The number of benzene rings is 1. The maximum atomic E-state index is 12.2. The molecule has 1 aromatic carbocycles. The van der Waals surface area contributed by atoms with Crippen LogP contribution in [-0.2, 0) is 13.1 Å². The van der Waals surface area contributed by atoms with Gasteiger partial charge in [0.15, 0.2) is 5.88 Å². The van der Waals surface area contributed by atoms with Gasteiger partial charge < -0.3 is 14.3 Å². The monoisotopic (exact) mass is 354 g/mol. The summed E-state index contributed by atoms with van der Waals surface area (Å²) in [5, 5.41) is 0. The number of rotatable bonds is 6. The van der Waals surface area contributed by atoms with Crippen molar-refractivity contribution < 1.29 is 4.42 Å². The molecular weight excluding hydrogens is 328 g/mol. The van der Waals surface area contributed by atoms with Gasteiger partial charge in [-0.25, -0.2) is 4.79 Å². The summed E-state index contributed by atoms with van der Waals surface area (Å²) in [4.78, 5) is 19.6. The van der Waals surface area contributed by atoms with Gasteiger partial charge in [0, 0.05) is 26.2 Å². The molecule has 6 heteroatoms. The van der Waals surface area contributed by atoms with Crippen molar-refractivity contribution in [2.75, 3.05) is 31.6 Å². The predicted molar refractivity (Wildman–Crippen MR) is 104 cm³/mol. The summed E-state index contributed by atoms with van der Waals surface area (Å²) >= 11 is 0. The summed E-state index contributed by atoms with van der Waals surface area (Å²) in [6.07, 6.45) is 3.91. The third-order valence-corrected chi connectivity index (χ3v) is 5.19. The zero-order valence-electron chi connectivity index (χ0n) is 15.3. The van der Waals surface area contributed by atoms with Gasteiger partial charge in [-0.2, -0.15) is 0 Å². The molecule has 1 fully saturated rings. The number of furan rings is 1. The molecule has 26 heavy (non-hydrogen) atoms. The van der Waals surface area contributed by atoms with E-state index in [9.17, 15) is 4.79 Å². The van der Waals surface area contributed by atoms with Gasteiger partial charge in [-0.3, -0.25) is 9.47 Å². The Kier molecular flexibility index (Phi) is 4.84. The molecule has 0 saturated carbocycles. The molecule has 3 heterocycles. The number of para-hydroxylation sites is 2. The number of likely N-dealkylation sites (N-methyl/N-ethyl adjacent to an activating group) is 1. The number of anilines is 1. The van der Waals surface area contributed by atoms with E-state index >= 15 is 0 Å². The van der Waals surface area contributed by atoms with Crippen LogP contribution in [0, 0.1) is 0 Å². The molecule has 138 valence electrons. The number of hydrogen-bond donors (Lipinski definition) is 1. The minimum Gasteiger partial charge on any atom is -0.444 e. The van der Waals surface area contributed by atoms with Crippen LogP contribution in [0.15, 0.2) is 45.6 Å². The third-order valence-electron chi connectivity index (χ3n) is 5.19. The molecule has 0 amide bonds. The van der Waals surface area contributed by atoms with Crippen LogP contribution in [0.3, 0.4) is 0 Å². The van der Waals surface area contributed by atoms with E-state index in [-0.39, 0.29) is 5.69 Å². The van der Waals surface area contributed by atoms with Gasteiger partial charge in [-0.15, -0.1) is 0 Å². The van der Waals surface area contributed by atoms with Crippen molar-refractivity contribution in [1.82, 2.24) is 14.5 Å². The second kappa shape index (κ2) is 7.41. The van der Waals surface area contributed by atoms with Crippen LogP contribution in [0.1, 0.15) is 25.0 Å². The van der Waals surface area contributed by atoms with Crippen molar-refractivity contribution in [2.24, 2.45) is 0 Å². The second-order valence-corrected chi connectivity index (χ2v) is 7.10. The van der Waals surface area contributed by atoms with Gasteiger partial charge in [-0.1, -0.05) is 18.6 Å². The quantitative estimate of drug-likeness (QED) is 0.739.